The second-order valence-electron chi connectivity index (χ2n) is 3.60. The van der Waals surface area contributed by atoms with E-state index in [4.69, 9.17) is 5.21 Å². The molecule has 2 rings (SSSR count). The molecule has 1 N–H and O–H groups in total. The molecule has 0 aliphatic carbocycles. The molecule has 0 atom stereocenters. The standard InChI is InChI=1S/C15H13NO/c17-16-15(14-9-5-2-6-10-14)12-11-13-7-3-1-4-8-13/h1-12,17H/b12-11+,16-15?. The van der Waals surface area contributed by atoms with Crippen LogP contribution in [0.5, 0.6) is 0 Å². The number of benzene rings is 2. The normalized spacial score (nSPS) is 11.9. The number of nitrogens with zero attached hydrogens (tertiary/aromatic N) is 1. The van der Waals surface area contributed by atoms with Gasteiger partial charge in [0.1, 0.15) is 5.71 Å². The molecule has 84 valence electrons. The van der Waals surface area contributed by atoms with E-state index in [9.17, 15) is 0 Å². The highest BCUT2D eigenvalue weighted by Crippen LogP contribution is 2.06. The maximum absolute atomic E-state index is 8.99. The summed E-state index contributed by atoms with van der Waals surface area (Å²) in [5, 5.41) is 12.3. The van der Waals surface area contributed by atoms with Crippen LogP contribution in [0.2, 0.25) is 0 Å². The second kappa shape index (κ2) is 5.66. The molecule has 0 aromatic heterocycles. The van der Waals surface area contributed by atoms with Gasteiger partial charge >= 0.3 is 0 Å². The van der Waals surface area contributed by atoms with Gasteiger partial charge in [0.2, 0.25) is 0 Å². The first kappa shape index (κ1) is 11.1. The molecule has 2 aromatic rings. The third-order valence-corrected chi connectivity index (χ3v) is 2.41. The van der Waals surface area contributed by atoms with Crippen molar-refractivity contribution in [1.82, 2.24) is 0 Å². The van der Waals surface area contributed by atoms with Crippen molar-refractivity contribution in [2.24, 2.45) is 5.16 Å². The fourth-order valence-electron chi connectivity index (χ4n) is 1.54. The Morgan fingerprint density at radius 2 is 1.47 bits per heavy atom. The van der Waals surface area contributed by atoms with Crippen LogP contribution in [0.25, 0.3) is 6.08 Å². The Balaban J connectivity index is 2.20. The lowest BCUT2D eigenvalue weighted by Gasteiger charge is -1.98. The number of oxime groups is 1. The van der Waals surface area contributed by atoms with Gasteiger partial charge in [0.05, 0.1) is 0 Å². The lowest BCUT2D eigenvalue weighted by Crippen LogP contribution is -1.95. The van der Waals surface area contributed by atoms with Crippen molar-refractivity contribution in [3.05, 3.63) is 77.9 Å². The number of allylic oxidation sites excluding steroid dienone is 1. The summed E-state index contributed by atoms with van der Waals surface area (Å²) in [5.41, 5.74) is 2.52. The van der Waals surface area contributed by atoms with E-state index in [1.54, 1.807) is 6.08 Å². The molecule has 0 aliphatic heterocycles. The molecular weight excluding hydrogens is 210 g/mol. The summed E-state index contributed by atoms with van der Waals surface area (Å²) in [4.78, 5) is 0. The van der Waals surface area contributed by atoms with Crippen molar-refractivity contribution < 1.29 is 5.21 Å². The second-order valence-corrected chi connectivity index (χ2v) is 3.60. The van der Waals surface area contributed by atoms with Crippen LogP contribution >= 0.6 is 0 Å². The van der Waals surface area contributed by atoms with E-state index in [0.29, 0.717) is 5.71 Å². The average Bonchev–Trinajstić information content (AvgIpc) is 2.42. The van der Waals surface area contributed by atoms with Gasteiger partial charge in [0.25, 0.3) is 0 Å². The van der Waals surface area contributed by atoms with Gasteiger partial charge in [-0.3, -0.25) is 0 Å². The highest BCUT2D eigenvalue weighted by molar-refractivity contribution is 6.10. The smallest absolute Gasteiger partial charge is 0.109 e. The van der Waals surface area contributed by atoms with Crippen LogP contribution < -0.4 is 0 Å². The Labute approximate surface area is 101 Å². The summed E-state index contributed by atoms with van der Waals surface area (Å²) in [7, 11) is 0. The third-order valence-electron chi connectivity index (χ3n) is 2.41. The fraction of sp³-hybridized carbons (Fsp3) is 0. The predicted octanol–water partition coefficient (Wildman–Crippen LogP) is 3.58. The molecule has 0 amide bonds. The van der Waals surface area contributed by atoms with Gasteiger partial charge in [-0.25, -0.2) is 0 Å². The van der Waals surface area contributed by atoms with Crippen molar-refractivity contribution >= 4 is 11.8 Å². The molecule has 0 fully saturated rings. The van der Waals surface area contributed by atoms with Crippen molar-refractivity contribution in [3.8, 4) is 0 Å². The molecule has 2 nitrogen and oxygen atoms in total. The third kappa shape index (κ3) is 3.05. The van der Waals surface area contributed by atoms with Crippen LogP contribution in [0.3, 0.4) is 0 Å². The summed E-state index contributed by atoms with van der Waals surface area (Å²) >= 11 is 0. The molecule has 0 radical (unpaired) electrons. The van der Waals surface area contributed by atoms with Crippen molar-refractivity contribution in [3.63, 3.8) is 0 Å². The van der Waals surface area contributed by atoms with Crippen molar-refractivity contribution in [2.45, 2.75) is 0 Å². The van der Waals surface area contributed by atoms with Gasteiger partial charge in [-0.05, 0) is 11.6 Å². The van der Waals surface area contributed by atoms with Crippen LogP contribution in [0.15, 0.2) is 71.9 Å². The highest BCUT2D eigenvalue weighted by Gasteiger charge is 1.98. The zero-order valence-corrected chi connectivity index (χ0v) is 9.32. The minimum absolute atomic E-state index is 0.550. The van der Waals surface area contributed by atoms with E-state index < -0.39 is 0 Å². The van der Waals surface area contributed by atoms with Crippen LogP contribution in [0.4, 0.5) is 0 Å². The Bertz CT molecular complexity index is 515. The molecule has 0 unspecified atom stereocenters. The molecule has 0 aliphatic rings. The van der Waals surface area contributed by atoms with Gasteiger partial charge in [-0.1, -0.05) is 71.9 Å². The van der Waals surface area contributed by atoms with Gasteiger partial charge < -0.3 is 5.21 Å². The van der Waals surface area contributed by atoms with Crippen LogP contribution in [-0.2, 0) is 0 Å². The minimum Gasteiger partial charge on any atom is -0.410 e. The molecule has 2 aromatic carbocycles. The lowest BCUT2D eigenvalue weighted by atomic mass is 10.1. The SMILES string of the molecule is ON=C(/C=C/c1ccccc1)c1ccccc1. The predicted molar refractivity (Wildman–Crippen MR) is 70.2 cm³/mol. The average molecular weight is 223 g/mol. The Hall–Kier alpha value is -2.35. The first-order valence-corrected chi connectivity index (χ1v) is 5.41. The maximum atomic E-state index is 8.99. The van der Waals surface area contributed by atoms with E-state index in [1.165, 1.54) is 0 Å². The molecule has 2 heteroatoms. The van der Waals surface area contributed by atoms with Crippen molar-refractivity contribution in [2.75, 3.05) is 0 Å². The van der Waals surface area contributed by atoms with Gasteiger partial charge in [-0.15, -0.1) is 0 Å². The zero-order chi connectivity index (χ0) is 11.9. The zero-order valence-electron chi connectivity index (χ0n) is 9.32. The first-order valence-electron chi connectivity index (χ1n) is 5.41. The summed E-state index contributed by atoms with van der Waals surface area (Å²) < 4.78 is 0. The summed E-state index contributed by atoms with van der Waals surface area (Å²) in [6.45, 7) is 0. The number of hydrogen-bond donors (Lipinski definition) is 1. The Morgan fingerprint density at radius 1 is 0.882 bits per heavy atom. The molecule has 0 heterocycles. The van der Waals surface area contributed by atoms with E-state index in [-0.39, 0.29) is 0 Å². The Morgan fingerprint density at radius 3 is 2.06 bits per heavy atom. The largest absolute Gasteiger partial charge is 0.410 e. The minimum atomic E-state index is 0.550. The fourth-order valence-corrected chi connectivity index (χ4v) is 1.54. The van der Waals surface area contributed by atoms with Gasteiger partial charge in [-0.2, -0.15) is 0 Å². The van der Waals surface area contributed by atoms with Crippen LogP contribution in [0.1, 0.15) is 11.1 Å². The Kier molecular flexibility index (Phi) is 3.71. The van der Waals surface area contributed by atoms with Crippen molar-refractivity contribution in [1.29, 1.82) is 0 Å². The van der Waals surface area contributed by atoms with E-state index >= 15 is 0 Å². The summed E-state index contributed by atoms with van der Waals surface area (Å²) in [6, 6.07) is 19.5. The lowest BCUT2D eigenvalue weighted by molar-refractivity contribution is 0.320. The quantitative estimate of drug-likeness (QED) is 0.481. The number of rotatable bonds is 3. The van der Waals surface area contributed by atoms with E-state index in [0.717, 1.165) is 11.1 Å². The van der Waals surface area contributed by atoms with E-state index in [2.05, 4.69) is 5.16 Å². The van der Waals surface area contributed by atoms with E-state index in [1.807, 2.05) is 66.7 Å². The van der Waals surface area contributed by atoms with Crippen LogP contribution in [0, 0.1) is 0 Å². The highest BCUT2D eigenvalue weighted by atomic mass is 16.4. The van der Waals surface area contributed by atoms with Crippen LogP contribution in [-0.4, -0.2) is 10.9 Å². The topological polar surface area (TPSA) is 32.6 Å². The maximum Gasteiger partial charge on any atom is 0.109 e. The summed E-state index contributed by atoms with van der Waals surface area (Å²) in [6.07, 6.45) is 3.72. The first-order chi connectivity index (χ1) is 8.40. The van der Waals surface area contributed by atoms with Gasteiger partial charge in [0, 0.05) is 5.56 Å². The molecule has 0 saturated heterocycles. The monoisotopic (exact) mass is 223 g/mol. The molecule has 0 spiro atoms. The molecule has 17 heavy (non-hydrogen) atoms. The molecule has 0 bridgehead atoms. The number of hydrogen-bond acceptors (Lipinski definition) is 2. The van der Waals surface area contributed by atoms with Gasteiger partial charge in [0.15, 0.2) is 0 Å². The summed E-state index contributed by atoms with van der Waals surface area (Å²) in [5.74, 6) is 0. The molecular formula is C15H13NO. The molecule has 0 saturated carbocycles.